The summed E-state index contributed by atoms with van der Waals surface area (Å²) in [5, 5.41) is 0.214. The first-order valence-corrected chi connectivity index (χ1v) is 17.3. The van der Waals surface area contributed by atoms with Gasteiger partial charge in [-0.15, -0.1) is 13.2 Å². The minimum Gasteiger partial charge on any atom is -0.436 e. The van der Waals surface area contributed by atoms with E-state index in [1.807, 2.05) is 0 Å². The Morgan fingerprint density at radius 2 is 0.532 bits per heavy atom. The Kier molecular flexibility index (Phi) is 9.51. The van der Waals surface area contributed by atoms with Gasteiger partial charge in [0.2, 0.25) is 0 Å². The fraction of sp³-hybridized carbons (Fsp3) is 0.125. The van der Waals surface area contributed by atoms with Gasteiger partial charge in [0, 0.05) is 0 Å². The van der Waals surface area contributed by atoms with Crippen molar-refractivity contribution in [1.82, 2.24) is 0 Å². The molecule has 248 valence electrons. The lowest BCUT2D eigenvalue weighted by Gasteiger charge is -2.40. The molecule has 0 unspecified atom stereocenters. The van der Waals surface area contributed by atoms with Gasteiger partial charge in [0.25, 0.3) is 16.6 Å². The highest BCUT2D eigenvalue weighted by Gasteiger charge is 2.49. The molecule has 0 fully saturated rings. The van der Waals surface area contributed by atoms with E-state index in [1.165, 1.54) is 11.4 Å². The summed E-state index contributed by atoms with van der Waals surface area (Å²) in [6, 6.07) is 14.2. The van der Waals surface area contributed by atoms with Crippen molar-refractivity contribution in [3.05, 3.63) is 144 Å². The highest BCUT2D eigenvalue weighted by molar-refractivity contribution is 7.12. The van der Waals surface area contributed by atoms with Crippen LogP contribution >= 0.6 is 0 Å². The molecular formula is C32H22F12OSi2. The largest absolute Gasteiger partial charge is 0.436 e. The summed E-state index contributed by atoms with van der Waals surface area (Å²) in [6.45, 7) is 7.62. The molecule has 0 heterocycles. The van der Waals surface area contributed by atoms with Crippen LogP contribution in [-0.4, -0.2) is 16.6 Å². The summed E-state index contributed by atoms with van der Waals surface area (Å²) in [5.41, 5.74) is -1.79. The summed E-state index contributed by atoms with van der Waals surface area (Å²) in [7, 11) is -8.47. The highest BCUT2D eigenvalue weighted by atomic mass is 28.4. The molecule has 0 saturated carbocycles. The highest BCUT2D eigenvalue weighted by Crippen LogP contribution is 2.33. The number of alkyl halides is 12. The predicted molar refractivity (Wildman–Crippen MR) is 157 cm³/mol. The van der Waals surface area contributed by atoms with Gasteiger partial charge in [0.05, 0.1) is 22.3 Å². The molecule has 0 aromatic heterocycles. The van der Waals surface area contributed by atoms with Gasteiger partial charge in [0.15, 0.2) is 0 Å². The maximum Gasteiger partial charge on any atom is 0.416 e. The van der Waals surface area contributed by atoms with Gasteiger partial charge >= 0.3 is 24.7 Å². The summed E-state index contributed by atoms with van der Waals surface area (Å²) in [4.78, 5) is 0. The van der Waals surface area contributed by atoms with Gasteiger partial charge in [0.1, 0.15) is 0 Å². The van der Waals surface area contributed by atoms with Gasteiger partial charge in [-0.2, -0.15) is 52.7 Å². The lowest BCUT2D eigenvalue weighted by molar-refractivity contribution is -0.138. The van der Waals surface area contributed by atoms with E-state index in [0.717, 1.165) is 97.1 Å². The van der Waals surface area contributed by atoms with Crippen LogP contribution in [0.15, 0.2) is 122 Å². The van der Waals surface area contributed by atoms with Crippen molar-refractivity contribution in [2.45, 2.75) is 24.7 Å². The smallest absolute Gasteiger partial charge is 0.416 e. The van der Waals surface area contributed by atoms with Gasteiger partial charge in [-0.1, -0.05) is 108 Å². The monoisotopic (exact) mass is 706 g/mol. The van der Waals surface area contributed by atoms with Crippen LogP contribution in [0, 0.1) is 0 Å². The number of hydrogen-bond donors (Lipinski definition) is 0. The number of hydrogen-bond acceptors (Lipinski definition) is 1. The molecular weight excluding hydrogens is 684 g/mol. The van der Waals surface area contributed by atoms with E-state index in [4.69, 9.17) is 4.12 Å². The van der Waals surface area contributed by atoms with Crippen LogP contribution in [0.3, 0.4) is 0 Å². The van der Waals surface area contributed by atoms with Gasteiger partial charge < -0.3 is 4.12 Å². The number of halogens is 12. The zero-order valence-electron chi connectivity index (χ0n) is 23.8. The summed E-state index contributed by atoms with van der Waals surface area (Å²) < 4.78 is 168. The zero-order valence-corrected chi connectivity index (χ0v) is 25.8. The van der Waals surface area contributed by atoms with Gasteiger partial charge in [-0.05, 0) is 20.7 Å². The Labute approximate surface area is 262 Å². The van der Waals surface area contributed by atoms with Crippen LogP contribution in [0.25, 0.3) is 0 Å². The van der Waals surface area contributed by atoms with Crippen molar-refractivity contribution in [1.29, 1.82) is 0 Å². The molecule has 0 saturated heterocycles. The molecule has 0 N–H and O–H groups in total. The summed E-state index contributed by atoms with van der Waals surface area (Å²) in [6.07, 6.45) is -19.0. The number of benzene rings is 4. The van der Waals surface area contributed by atoms with Crippen molar-refractivity contribution in [2.75, 3.05) is 0 Å². The van der Waals surface area contributed by atoms with Gasteiger partial charge in [-0.25, -0.2) is 0 Å². The lowest BCUT2D eigenvalue weighted by Crippen LogP contribution is -2.71. The minimum atomic E-state index is -4.76. The quantitative estimate of drug-likeness (QED) is 0.133. The van der Waals surface area contributed by atoms with Crippen LogP contribution < -0.4 is 20.7 Å². The molecule has 15 heteroatoms. The fourth-order valence-corrected chi connectivity index (χ4v) is 13.8. The zero-order chi connectivity index (χ0) is 35.1. The Morgan fingerprint density at radius 1 is 0.362 bits per heavy atom. The first-order chi connectivity index (χ1) is 21.7. The minimum absolute atomic E-state index is 0.0535. The van der Waals surface area contributed by atoms with Crippen molar-refractivity contribution in [3.8, 4) is 0 Å². The normalized spacial score (nSPS) is 13.4. The van der Waals surface area contributed by atoms with E-state index >= 15 is 0 Å². The van der Waals surface area contributed by atoms with Crippen molar-refractivity contribution >= 4 is 37.4 Å². The SMILES string of the molecule is C=C[Si](O[Si](C=C)(c1ccc(C(F)(F)F)cc1)c1ccc(C(F)(F)F)cc1)(c1ccc(C(F)(F)F)cc1)c1ccc(C(F)(F)F)cc1. The van der Waals surface area contributed by atoms with Crippen LogP contribution in [0.5, 0.6) is 0 Å². The van der Waals surface area contributed by atoms with Crippen molar-refractivity contribution < 1.29 is 56.8 Å². The van der Waals surface area contributed by atoms with Crippen molar-refractivity contribution in [2.24, 2.45) is 0 Å². The van der Waals surface area contributed by atoms with E-state index < -0.39 is 63.6 Å². The Hall–Kier alpha value is -4.09. The molecule has 4 aromatic carbocycles. The predicted octanol–water partition coefficient (Wildman–Crippen LogP) is 8.05. The van der Waals surface area contributed by atoms with E-state index in [1.54, 1.807) is 0 Å². The fourth-order valence-electron chi connectivity index (χ4n) is 5.00. The molecule has 0 aliphatic heterocycles. The molecule has 0 spiro atoms. The standard InChI is InChI=1S/C32H22F12OSi2/c1-3-46(25-13-5-21(6-14-25)29(33,34)35,26-15-7-22(8-16-26)30(36,37)38)45-47(4-2,27-17-9-23(10-18-27)31(39,40)41)28-19-11-24(12-20-28)32(42,43)44/h3-20H,1-2H2. The molecule has 0 radical (unpaired) electrons. The lowest BCUT2D eigenvalue weighted by atomic mass is 10.2. The van der Waals surface area contributed by atoms with E-state index in [9.17, 15) is 52.7 Å². The molecule has 4 rings (SSSR count). The molecule has 0 amide bonds. The Morgan fingerprint density at radius 3 is 0.660 bits per heavy atom. The molecule has 4 aromatic rings. The van der Waals surface area contributed by atoms with Crippen LogP contribution in [0.2, 0.25) is 0 Å². The first-order valence-electron chi connectivity index (χ1n) is 13.4. The third-order valence-corrected chi connectivity index (χ3v) is 16.0. The Balaban J connectivity index is 2.04. The maximum absolute atomic E-state index is 13.5. The molecule has 1 nitrogen and oxygen atoms in total. The molecule has 47 heavy (non-hydrogen) atoms. The average Bonchev–Trinajstić information content (AvgIpc) is 3.01. The summed E-state index contributed by atoms with van der Waals surface area (Å²) in [5.74, 6) is 0. The van der Waals surface area contributed by atoms with E-state index in [-0.39, 0.29) is 20.7 Å². The molecule has 0 aliphatic rings. The number of rotatable bonds is 8. The first kappa shape index (κ1) is 35.8. The van der Waals surface area contributed by atoms with Crippen molar-refractivity contribution in [3.63, 3.8) is 0 Å². The van der Waals surface area contributed by atoms with E-state index in [2.05, 4.69) is 13.2 Å². The molecule has 0 bridgehead atoms. The second-order valence-corrected chi connectivity index (χ2v) is 17.2. The topological polar surface area (TPSA) is 9.23 Å². The molecule has 0 aliphatic carbocycles. The maximum atomic E-state index is 13.5. The van der Waals surface area contributed by atoms with Crippen LogP contribution in [-0.2, 0) is 28.8 Å². The third-order valence-electron chi connectivity index (χ3n) is 7.46. The third kappa shape index (κ3) is 7.26. The van der Waals surface area contributed by atoms with Crippen LogP contribution in [0.1, 0.15) is 22.3 Å². The molecule has 0 atom stereocenters. The summed E-state index contributed by atoms with van der Waals surface area (Å²) >= 11 is 0. The van der Waals surface area contributed by atoms with Gasteiger partial charge in [-0.3, -0.25) is 0 Å². The Bertz CT molecular complexity index is 1460. The van der Waals surface area contributed by atoms with Crippen LogP contribution in [0.4, 0.5) is 52.7 Å². The second-order valence-electron chi connectivity index (χ2n) is 10.3. The second kappa shape index (κ2) is 12.5. The average molecular weight is 707 g/mol. The van der Waals surface area contributed by atoms with E-state index in [0.29, 0.717) is 0 Å².